The lowest BCUT2D eigenvalue weighted by molar-refractivity contribution is 0.0963. The normalized spacial score (nSPS) is 16.3. The van der Waals surface area contributed by atoms with Gasteiger partial charge in [-0.3, -0.25) is 9.79 Å². The second kappa shape index (κ2) is 12.1. The number of nitrogens with zero attached hydrogens (tertiary/aromatic N) is 2. The second-order valence-electron chi connectivity index (χ2n) is 6.91. The van der Waals surface area contributed by atoms with Crippen molar-refractivity contribution in [2.45, 2.75) is 17.9 Å². The van der Waals surface area contributed by atoms with Gasteiger partial charge in [-0.1, -0.05) is 30.3 Å². The summed E-state index contributed by atoms with van der Waals surface area (Å²) in [6, 6.07) is 18.3. The fourth-order valence-corrected chi connectivity index (χ4v) is 4.42. The van der Waals surface area contributed by atoms with E-state index in [9.17, 15) is 4.79 Å². The van der Waals surface area contributed by atoms with Crippen LogP contribution in [0.2, 0.25) is 0 Å². The molecule has 1 fully saturated rings. The van der Waals surface area contributed by atoms with Crippen LogP contribution in [0, 0.1) is 5.92 Å². The Labute approximate surface area is 194 Å². The summed E-state index contributed by atoms with van der Waals surface area (Å²) in [4.78, 5) is 19.9. The molecule has 1 saturated heterocycles. The Morgan fingerprint density at radius 3 is 2.72 bits per heavy atom. The number of benzene rings is 2. The summed E-state index contributed by atoms with van der Waals surface area (Å²) in [7, 11) is 3.48. The van der Waals surface area contributed by atoms with E-state index >= 15 is 0 Å². The average molecular weight is 524 g/mol. The van der Waals surface area contributed by atoms with Crippen LogP contribution in [0.1, 0.15) is 22.3 Å². The smallest absolute Gasteiger partial charge is 0.251 e. The van der Waals surface area contributed by atoms with Gasteiger partial charge in [-0.15, -0.1) is 35.7 Å². The van der Waals surface area contributed by atoms with Crippen LogP contribution >= 0.6 is 35.7 Å². The number of amides is 1. The molecule has 1 aliphatic rings. The summed E-state index contributed by atoms with van der Waals surface area (Å²) in [5, 5.41) is 6.11. The van der Waals surface area contributed by atoms with E-state index in [1.54, 1.807) is 7.05 Å². The Kier molecular flexibility index (Phi) is 9.80. The number of nitrogens with one attached hydrogen (secondary N) is 2. The lowest BCUT2D eigenvalue weighted by Gasteiger charge is -2.22. The van der Waals surface area contributed by atoms with Gasteiger partial charge >= 0.3 is 0 Å². The van der Waals surface area contributed by atoms with Crippen molar-refractivity contribution in [1.82, 2.24) is 15.5 Å². The minimum atomic E-state index is -0.0652. The van der Waals surface area contributed by atoms with Gasteiger partial charge in [0.15, 0.2) is 5.96 Å². The van der Waals surface area contributed by atoms with Crippen molar-refractivity contribution in [3.63, 3.8) is 0 Å². The third-order valence-corrected chi connectivity index (χ3v) is 6.14. The first-order valence-corrected chi connectivity index (χ1v) is 10.6. The van der Waals surface area contributed by atoms with Crippen molar-refractivity contribution in [2.75, 3.05) is 32.9 Å². The molecule has 2 N–H and O–H groups in total. The van der Waals surface area contributed by atoms with Crippen LogP contribution in [0.5, 0.6) is 0 Å². The molecule has 0 saturated carbocycles. The predicted molar refractivity (Wildman–Crippen MR) is 132 cm³/mol. The summed E-state index contributed by atoms with van der Waals surface area (Å²) >= 11 is 1.93. The summed E-state index contributed by atoms with van der Waals surface area (Å²) in [5.74, 6) is 2.66. The summed E-state index contributed by atoms with van der Waals surface area (Å²) in [6.45, 7) is 2.70. The van der Waals surface area contributed by atoms with Crippen molar-refractivity contribution in [3.8, 4) is 0 Å². The first kappa shape index (κ1) is 23.5. The van der Waals surface area contributed by atoms with E-state index in [0.717, 1.165) is 30.4 Å². The molecule has 0 spiro atoms. The largest absolute Gasteiger partial charge is 0.355 e. The van der Waals surface area contributed by atoms with Gasteiger partial charge in [-0.25, -0.2) is 0 Å². The maximum Gasteiger partial charge on any atom is 0.251 e. The molecule has 2 aromatic carbocycles. The van der Waals surface area contributed by atoms with Crippen LogP contribution in [0.15, 0.2) is 64.5 Å². The van der Waals surface area contributed by atoms with Crippen molar-refractivity contribution in [2.24, 2.45) is 10.9 Å². The Balaban J connectivity index is 0.00000300. The maximum absolute atomic E-state index is 11.8. The number of rotatable bonds is 6. The number of guanidine groups is 1. The van der Waals surface area contributed by atoms with Gasteiger partial charge in [0, 0.05) is 49.9 Å². The van der Waals surface area contributed by atoms with E-state index in [4.69, 9.17) is 0 Å². The van der Waals surface area contributed by atoms with Crippen LogP contribution in [-0.2, 0) is 6.54 Å². The SMILES string of the molecule is CN=C(NCc1cccc(C(=O)NC)c1)N1CCC(CSc2ccccc2)C1.I. The molecule has 1 unspecified atom stereocenters. The monoisotopic (exact) mass is 524 g/mol. The fourth-order valence-electron chi connectivity index (χ4n) is 3.37. The molecule has 29 heavy (non-hydrogen) atoms. The Morgan fingerprint density at radius 2 is 2.00 bits per heavy atom. The number of likely N-dealkylation sites (tertiary alicyclic amines) is 1. The Hall–Kier alpha value is -1.74. The molecule has 156 valence electrons. The predicted octanol–water partition coefficient (Wildman–Crippen LogP) is 3.85. The van der Waals surface area contributed by atoms with Crippen LogP contribution in [-0.4, -0.2) is 49.7 Å². The highest BCUT2D eigenvalue weighted by Gasteiger charge is 2.24. The second-order valence-corrected chi connectivity index (χ2v) is 8.00. The zero-order chi connectivity index (χ0) is 19.8. The van der Waals surface area contributed by atoms with Gasteiger partial charge < -0.3 is 15.5 Å². The number of hydrogen-bond donors (Lipinski definition) is 2. The van der Waals surface area contributed by atoms with E-state index in [-0.39, 0.29) is 29.9 Å². The van der Waals surface area contributed by atoms with Gasteiger partial charge in [0.1, 0.15) is 0 Å². The van der Waals surface area contributed by atoms with E-state index < -0.39 is 0 Å². The minimum Gasteiger partial charge on any atom is -0.355 e. The van der Waals surface area contributed by atoms with Crippen molar-refractivity contribution < 1.29 is 4.79 Å². The van der Waals surface area contributed by atoms with E-state index in [2.05, 4.69) is 50.9 Å². The first-order valence-electron chi connectivity index (χ1n) is 9.64. The molecule has 3 rings (SSSR count). The highest BCUT2D eigenvalue weighted by atomic mass is 127. The van der Waals surface area contributed by atoms with E-state index in [0.29, 0.717) is 18.0 Å². The van der Waals surface area contributed by atoms with Gasteiger partial charge in [-0.2, -0.15) is 0 Å². The molecule has 0 bridgehead atoms. The highest BCUT2D eigenvalue weighted by Crippen LogP contribution is 2.25. The van der Waals surface area contributed by atoms with Gasteiger partial charge in [-0.05, 0) is 42.2 Å². The number of aliphatic imine (C=N–C) groups is 1. The molecule has 0 radical (unpaired) electrons. The summed E-state index contributed by atoms with van der Waals surface area (Å²) in [6.07, 6.45) is 1.19. The third-order valence-electron chi connectivity index (χ3n) is 4.89. The number of carbonyl (C=O) groups is 1. The Bertz CT molecular complexity index is 815. The molecule has 0 aromatic heterocycles. The molecule has 2 aromatic rings. The lowest BCUT2D eigenvalue weighted by atomic mass is 10.1. The van der Waals surface area contributed by atoms with Crippen molar-refractivity contribution in [1.29, 1.82) is 0 Å². The number of halogens is 1. The fraction of sp³-hybridized carbons (Fsp3) is 0.364. The van der Waals surface area contributed by atoms with Crippen LogP contribution < -0.4 is 10.6 Å². The van der Waals surface area contributed by atoms with Gasteiger partial charge in [0.05, 0.1) is 0 Å². The van der Waals surface area contributed by atoms with Crippen molar-refractivity contribution >= 4 is 47.6 Å². The summed E-state index contributed by atoms with van der Waals surface area (Å²) in [5.41, 5.74) is 1.74. The number of hydrogen-bond acceptors (Lipinski definition) is 3. The molecular formula is C22H29IN4OS. The van der Waals surface area contributed by atoms with Crippen LogP contribution in [0.4, 0.5) is 0 Å². The molecular weight excluding hydrogens is 495 g/mol. The van der Waals surface area contributed by atoms with E-state index in [1.165, 1.54) is 11.3 Å². The van der Waals surface area contributed by atoms with Gasteiger partial charge in [0.25, 0.3) is 5.91 Å². The minimum absolute atomic E-state index is 0. The quantitative estimate of drug-likeness (QED) is 0.261. The molecule has 5 nitrogen and oxygen atoms in total. The van der Waals surface area contributed by atoms with Crippen LogP contribution in [0.3, 0.4) is 0 Å². The summed E-state index contributed by atoms with van der Waals surface area (Å²) < 4.78 is 0. The first-order chi connectivity index (χ1) is 13.7. The highest BCUT2D eigenvalue weighted by molar-refractivity contribution is 14.0. The maximum atomic E-state index is 11.8. The van der Waals surface area contributed by atoms with E-state index in [1.807, 2.05) is 43.1 Å². The Morgan fingerprint density at radius 1 is 1.21 bits per heavy atom. The molecule has 1 atom stereocenters. The topological polar surface area (TPSA) is 56.7 Å². The molecule has 1 aliphatic heterocycles. The van der Waals surface area contributed by atoms with Gasteiger partial charge in [0.2, 0.25) is 0 Å². The molecule has 7 heteroatoms. The third kappa shape index (κ3) is 6.92. The molecule has 1 heterocycles. The molecule has 1 amide bonds. The number of carbonyl (C=O) groups excluding carboxylic acids is 1. The zero-order valence-electron chi connectivity index (χ0n) is 16.9. The molecule has 0 aliphatic carbocycles. The zero-order valence-corrected chi connectivity index (χ0v) is 20.1. The van der Waals surface area contributed by atoms with Crippen molar-refractivity contribution in [3.05, 3.63) is 65.7 Å². The van der Waals surface area contributed by atoms with Crippen LogP contribution in [0.25, 0.3) is 0 Å². The standard InChI is InChI=1S/C22H28N4OS.HI/c1-23-21(27)19-8-6-7-17(13-19)14-25-22(24-2)26-12-11-18(15-26)16-28-20-9-4-3-5-10-20;/h3-10,13,18H,11-12,14-16H2,1-2H3,(H,23,27)(H,24,25);1H. The average Bonchev–Trinajstić information content (AvgIpc) is 3.22. The lowest BCUT2D eigenvalue weighted by Crippen LogP contribution is -2.39. The number of thioether (sulfide) groups is 1.